The van der Waals surface area contributed by atoms with Gasteiger partial charge in [-0.3, -0.25) is 15.6 Å². The van der Waals surface area contributed by atoms with E-state index in [2.05, 4.69) is 10.9 Å². The lowest BCUT2D eigenvalue weighted by Gasteiger charge is -2.07. The minimum absolute atomic E-state index is 0.522. The standard InChI is InChI=1S/C10H14N2O3S/c1-8-3-5-9(6-4-8)11-12-10(13)7-16(2,14)15/h3-6,11H,7H2,1-2H3,(H,12,13). The van der Waals surface area contributed by atoms with E-state index < -0.39 is 21.5 Å². The highest BCUT2D eigenvalue weighted by atomic mass is 32.2. The van der Waals surface area contributed by atoms with E-state index in [1.54, 1.807) is 12.1 Å². The molecule has 0 heterocycles. The Kier molecular flexibility index (Phi) is 3.89. The molecule has 1 aromatic carbocycles. The molecule has 0 saturated carbocycles. The molecule has 0 spiro atoms. The molecule has 2 N–H and O–H groups in total. The number of aryl methyl sites for hydroxylation is 1. The quantitative estimate of drug-likeness (QED) is 0.753. The molecule has 88 valence electrons. The third-order valence-corrected chi connectivity index (χ3v) is 2.58. The molecular weight excluding hydrogens is 228 g/mol. The van der Waals surface area contributed by atoms with Gasteiger partial charge in [-0.1, -0.05) is 17.7 Å². The normalized spacial score (nSPS) is 10.9. The summed E-state index contributed by atoms with van der Waals surface area (Å²) in [4.78, 5) is 11.1. The lowest BCUT2D eigenvalue weighted by molar-refractivity contribution is -0.118. The summed E-state index contributed by atoms with van der Waals surface area (Å²) in [6, 6.07) is 7.34. The van der Waals surface area contributed by atoms with Gasteiger partial charge in [0.2, 0.25) is 0 Å². The molecule has 0 aliphatic heterocycles. The lowest BCUT2D eigenvalue weighted by atomic mass is 10.2. The number of benzene rings is 1. The predicted octanol–water partition coefficient (Wildman–Crippen LogP) is 0.483. The second kappa shape index (κ2) is 4.98. The lowest BCUT2D eigenvalue weighted by Crippen LogP contribution is -2.34. The van der Waals surface area contributed by atoms with E-state index in [0.717, 1.165) is 11.8 Å². The van der Waals surface area contributed by atoms with E-state index in [-0.39, 0.29) is 0 Å². The zero-order chi connectivity index (χ0) is 12.2. The molecule has 5 nitrogen and oxygen atoms in total. The van der Waals surface area contributed by atoms with Crippen molar-refractivity contribution in [3.05, 3.63) is 29.8 Å². The van der Waals surface area contributed by atoms with Gasteiger partial charge in [0, 0.05) is 6.26 Å². The molecule has 16 heavy (non-hydrogen) atoms. The van der Waals surface area contributed by atoms with Crippen LogP contribution in [0.5, 0.6) is 0 Å². The summed E-state index contributed by atoms with van der Waals surface area (Å²) in [5, 5.41) is 0. The van der Waals surface area contributed by atoms with Crippen molar-refractivity contribution >= 4 is 21.4 Å². The van der Waals surface area contributed by atoms with Crippen LogP contribution in [0.15, 0.2) is 24.3 Å². The van der Waals surface area contributed by atoms with Crippen LogP contribution in [0, 0.1) is 6.92 Å². The molecule has 1 aromatic rings. The number of carbonyl (C=O) groups excluding carboxylic acids is 1. The Labute approximate surface area is 94.7 Å². The molecule has 0 aliphatic carbocycles. The minimum atomic E-state index is -3.29. The molecular formula is C10H14N2O3S. The molecule has 1 amide bonds. The Morgan fingerprint density at radius 3 is 2.31 bits per heavy atom. The fraction of sp³-hybridized carbons (Fsp3) is 0.300. The summed E-state index contributed by atoms with van der Waals surface area (Å²) in [6.45, 7) is 1.95. The average molecular weight is 242 g/mol. The smallest absolute Gasteiger partial charge is 0.253 e. The highest BCUT2D eigenvalue weighted by Crippen LogP contribution is 2.06. The monoisotopic (exact) mass is 242 g/mol. The van der Waals surface area contributed by atoms with Crippen molar-refractivity contribution in [2.45, 2.75) is 6.92 Å². The van der Waals surface area contributed by atoms with Gasteiger partial charge in [0.05, 0.1) is 5.69 Å². The summed E-state index contributed by atoms with van der Waals surface area (Å²) in [6.07, 6.45) is 1.01. The average Bonchev–Trinajstić information content (AvgIpc) is 2.14. The maximum absolute atomic E-state index is 11.1. The zero-order valence-electron chi connectivity index (χ0n) is 9.15. The molecule has 0 saturated heterocycles. The highest BCUT2D eigenvalue weighted by molar-refractivity contribution is 7.91. The van der Waals surface area contributed by atoms with Gasteiger partial charge >= 0.3 is 0 Å². The van der Waals surface area contributed by atoms with Crippen molar-refractivity contribution in [3.8, 4) is 0 Å². The van der Waals surface area contributed by atoms with E-state index in [1.165, 1.54) is 0 Å². The Balaban J connectivity index is 2.46. The number of hydrogen-bond donors (Lipinski definition) is 2. The molecule has 0 aromatic heterocycles. The first kappa shape index (κ1) is 12.5. The van der Waals surface area contributed by atoms with Gasteiger partial charge in [0.1, 0.15) is 5.75 Å². The summed E-state index contributed by atoms with van der Waals surface area (Å²) in [5.74, 6) is -1.10. The molecule has 0 atom stereocenters. The van der Waals surface area contributed by atoms with Crippen LogP contribution < -0.4 is 10.9 Å². The van der Waals surface area contributed by atoms with E-state index in [9.17, 15) is 13.2 Å². The molecule has 0 aliphatic rings. The zero-order valence-corrected chi connectivity index (χ0v) is 9.97. The third-order valence-electron chi connectivity index (χ3n) is 1.79. The fourth-order valence-electron chi connectivity index (χ4n) is 1.05. The number of anilines is 1. The van der Waals surface area contributed by atoms with Crippen molar-refractivity contribution in [2.24, 2.45) is 0 Å². The van der Waals surface area contributed by atoms with Gasteiger partial charge in [0.25, 0.3) is 5.91 Å². The van der Waals surface area contributed by atoms with Crippen molar-refractivity contribution in [1.29, 1.82) is 0 Å². The second-order valence-corrected chi connectivity index (χ2v) is 5.75. The van der Waals surface area contributed by atoms with Crippen LogP contribution in [0.25, 0.3) is 0 Å². The van der Waals surface area contributed by atoms with Crippen LogP contribution in [0.2, 0.25) is 0 Å². The second-order valence-electron chi connectivity index (χ2n) is 3.61. The fourth-order valence-corrected chi connectivity index (χ4v) is 1.60. The van der Waals surface area contributed by atoms with Crippen molar-refractivity contribution in [1.82, 2.24) is 5.43 Å². The van der Waals surface area contributed by atoms with Gasteiger partial charge in [-0.2, -0.15) is 0 Å². The van der Waals surface area contributed by atoms with Crippen LogP contribution >= 0.6 is 0 Å². The summed E-state index contributed by atoms with van der Waals surface area (Å²) >= 11 is 0. The van der Waals surface area contributed by atoms with Crippen LogP contribution in [0.4, 0.5) is 5.69 Å². The first-order valence-corrected chi connectivity index (χ1v) is 6.72. The number of sulfone groups is 1. The van der Waals surface area contributed by atoms with Gasteiger partial charge in [-0.25, -0.2) is 8.42 Å². The Morgan fingerprint density at radius 2 is 1.81 bits per heavy atom. The van der Waals surface area contributed by atoms with Gasteiger partial charge in [-0.05, 0) is 19.1 Å². The number of carbonyl (C=O) groups is 1. The SMILES string of the molecule is Cc1ccc(NNC(=O)CS(C)(=O)=O)cc1. The van der Waals surface area contributed by atoms with Gasteiger partial charge in [-0.15, -0.1) is 0 Å². The first-order valence-electron chi connectivity index (χ1n) is 4.66. The molecule has 0 bridgehead atoms. The number of hydrogen-bond acceptors (Lipinski definition) is 4. The van der Waals surface area contributed by atoms with Gasteiger partial charge < -0.3 is 0 Å². The van der Waals surface area contributed by atoms with E-state index in [4.69, 9.17) is 0 Å². The van der Waals surface area contributed by atoms with Crippen molar-refractivity contribution < 1.29 is 13.2 Å². The Bertz CT molecular complexity index is 465. The van der Waals surface area contributed by atoms with Crippen molar-refractivity contribution in [3.63, 3.8) is 0 Å². The topological polar surface area (TPSA) is 75.3 Å². The van der Waals surface area contributed by atoms with Crippen LogP contribution in [0.3, 0.4) is 0 Å². The Hall–Kier alpha value is -1.56. The number of rotatable bonds is 4. The van der Waals surface area contributed by atoms with Crippen LogP contribution in [0.1, 0.15) is 5.56 Å². The molecule has 0 unspecified atom stereocenters. The van der Waals surface area contributed by atoms with E-state index >= 15 is 0 Å². The largest absolute Gasteiger partial charge is 0.299 e. The molecule has 0 fully saturated rings. The maximum Gasteiger partial charge on any atom is 0.253 e. The van der Waals surface area contributed by atoms with E-state index in [1.807, 2.05) is 19.1 Å². The van der Waals surface area contributed by atoms with Crippen LogP contribution in [-0.2, 0) is 14.6 Å². The Morgan fingerprint density at radius 1 is 1.25 bits per heavy atom. The predicted molar refractivity (Wildman–Crippen MR) is 62.7 cm³/mol. The molecule has 1 rings (SSSR count). The van der Waals surface area contributed by atoms with Crippen LogP contribution in [-0.4, -0.2) is 26.3 Å². The third kappa shape index (κ3) is 4.79. The number of hydrazine groups is 1. The van der Waals surface area contributed by atoms with Gasteiger partial charge in [0.15, 0.2) is 9.84 Å². The summed E-state index contributed by atoms with van der Waals surface area (Å²) < 4.78 is 21.6. The summed E-state index contributed by atoms with van der Waals surface area (Å²) in [7, 11) is -3.29. The summed E-state index contributed by atoms with van der Waals surface area (Å²) in [5.41, 5.74) is 6.74. The highest BCUT2D eigenvalue weighted by Gasteiger charge is 2.09. The molecule has 6 heteroatoms. The molecule has 0 radical (unpaired) electrons. The number of nitrogens with one attached hydrogen (secondary N) is 2. The number of amides is 1. The minimum Gasteiger partial charge on any atom is -0.299 e. The van der Waals surface area contributed by atoms with E-state index in [0.29, 0.717) is 5.69 Å². The maximum atomic E-state index is 11.1. The van der Waals surface area contributed by atoms with Crippen molar-refractivity contribution in [2.75, 3.05) is 17.4 Å². The first-order chi connectivity index (χ1) is 7.37.